The summed E-state index contributed by atoms with van der Waals surface area (Å²) in [5.74, 6) is -0.0149. The molecule has 1 aliphatic heterocycles. The highest BCUT2D eigenvalue weighted by molar-refractivity contribution is 7.92. The van der Waals surface area contributed by atoms with Crippen molar-refractivity contribution in [3.05, 3.63) is 59.2 Å². The van der Waals surface area contributed by atoms with Crippen LogP contribution in [-0.4, -0.2) is 57.4 Å². The Morgan fingerprint density at radius 2 is 1.64 bits per heavy atom. The first-order valence-electron chi connectivity index (χ1n) is 9.44. The van der Waals surface area contributed by atoms with Crippen LogP contribution in [0.1, 0.15) is 27.9 Å². The lowest BCUT2D eigenvalue weighted by atomic mass is 10.1. The fourth-order valence-corrected chi connectivity index (χ4v) is 4.35. The number of sulfonamides is 1. The van der Waals surface area contributed by atoms with Gasteiger partial charge in [-0.05, 0) is 81.4 Å². The van der Waals surface area contributed by atoms with Crippen molar-refractivity contribution in [1.82, 2.24) is 9.80 Å². The molecule has 0 aliphatic carbocycles. The molecule has 6 nitrogen and oxygen atoms in total. The molecule has 3 rings (SSSR count). The maximum Gasteiger partial charge on any atom is 0.261 e. The van der Waals surface area contributed by atoms with Crippen LogP contribution < -0.4 is 4.72 Å². The molecule has 1 saturated heterocycles. The predicted molar refractivity (Wildman–Crippen MR) is 111 cm³/mol. The van der Waals surface area contributed by atoms with Gasteiger partial charge in [-0.25, -0.2) is 8.42 Å². The molecule has 1 heterocycles. The van der Waals surface area contributed by atoms with Crippen LogP contribution in [-0.2, 0) is 10.0 Å². The minimum atomic E-state index is -3.67. The molecule has 7 heteroatoms. The zero-order valence-electron chi connectivity index (χ0n) is 16.6. The Bertz CT molecular complexity index is 955. The molecule has 0 aromatic heterocycles. The SMILES string of the molecule is Cc1ccc(S(=O)(=O)Nc2ccc(C(=O)N3CCCN(C)CC3)cc2)cc1C. The first-order chi connectivity index (χ1) is 13.3. The molecule has 150 valence electrons. The summed E-state index contributed by atoms with van der Waals surface area (Å²) < 4.78 is 27.8. The van der Waals surface area contributed by atoms with E-state index < -0.39 is 10.0 Å². The van der Waals surface area contributed by atoms with Gasteiger partial charge in [0.25, 0.3) is 15.9 Å². The van der Waals surface area contributed by atoms with E-state index in [1.165, 1.54) is 0 Å². The van der Waals surface area contributed by atoms with Gasteiger partial charge in [-0.15, -0.1) is 0 Å². The van der Waals surface area contributed by atoms with Gasteiger partial charge in [0.2, 0.25) is 0 Å². The largest absolute Gasteiger partial charge is 0.337 e. The number of benzene rings is 2. The molecule has 0 spiro atoms. The molecule has 1 fully saturated rings. The van der Waals surface area contributed by atoms with Crippen LogP contribution in [0.3, 0.4) is 0 Å². The van der Waals surface area contributed by atoms with E-state index in [1.54, 1.807) is 42.5 Å². The van der Waals surface area contributed by atoms with Crippen LogP contribution in [0, 0.1) is 13.8 Å². The second-order valence-corrected chi connectivity index (χ2v) is 9.06. The molecular weight excluding hydrogens is 374 g/mol. The lowest BCUT2D eigenvalue weighted by molar-refractivity contribution is 0.0763. The third kappa shape index (κ3) is 4.72. The van der Waals surface area contributed by atoms with Gasteiger partial charge in [0, 0.05) is 30.9 Å². The minimum Gasteiger partial charge on any atom is -0.337 e. The number of nitrogens with zero attached hydrogens (tertiary/aromatic N) is 2. The number of likely N-dealkylation sites (N-methyl/N-ethyl adjacent to an activating group) is 1. The highest BCUT2D eigenvalue weighted by Crippen LogP contribution is 2.20. The van der Waals surface area contributed by atoms with Crippen molar-refractivity contribution >= 4 is 21.6 Å². The molecule has 0 bridgehead atoms. The van der Waals surface area contributed by atoms with Crippen molar-refractivity contribution in [2.45, 2.75) is 25.2 Å². The summed E-state index contributed by atoms with van der Waals surface area (Å²) in [6.07, 6.45) is 0.954. The van der Waals surface area contributed by atoms with Crippen LogP contribution in [0.5, 0.6) is 0 Å². The first-order valence-corrected chi connectivity index (χ1v) is 10.9. The van der Waals surface area contributed by atoms with Gasteiger partial charge in [0.05, 0.1) is 4.90 Å². The fraction of sp³-hybridized carbons (Fsp3) is 0.381. The van der Waals surface area contributed by atoms with Crippen molar-refractivity contribution in [2.75, 3.05) is 37.9 Å². The van der Waals surface area contributed by atoms with Crippen molar-refractivity contribution in [1.29, 1.82) is 0 Å². The van der Waals surface area contributed by atoms with Crippen LogP contribution in [0.2, 0.25) is 0 Å². The smallest absolute Gasteiger partial charge is 0.261 e. The summed E-state index contributed by atoms with van der Waals surface area (Å²) in [5, 5.41) is 0. The third-order valence-electron chi connectivity index (χ3n) is 5.18. The Kier molecular flexibility index (Phi) is 6.05. The molecule has 1 aliphatic rings. The van der Waals surface area contributed by atoms with Crippen LogP contribution in [0.25, 0.3) is 0 Å². The summed E-state index contributed by atoms with van der Waals surface area (Å²) in [4.78, 5) is 17.0. The zero-order valence-corrected chi connectivity index (χ0v) is 17.4. The quantitative estimate of drug-likeness (QED) is 0.855. The van der Waals surface area contributed by atoms with Gasteiger partial charge in [0.1, 0.15) is 0 Å². The number of aryl methyl sites for hydroxylation is 2. The zero-order chi connectivity index (χ0) is 20.3. The van der Waals surface area contributed by atoms with E-state index in [-0.39, 0.29) is 10.8 Å². The summed E-state index contributed by atoms with van der Waals surface area (Å²) in [6.45, 7) is 7.12. The number of carbonyl (C=O) groups excluding carboxylic acids is 1. The van der Waals surface area contributed by atoms with Crippen molar-refractivity contribution in [2.24, 2.45) is 0 Å². The number of anilines is 1. The van der Waals surface area contributed by atoms with Crippen molar-refractivity contribution < 1.29 is 13.2 Å². The lowest BCUT2D eigenvalue weighted by Gasteiger charge is -2.20. The van der Waals surface area contributed by atoms with E-state index in [9.17, 15) is 13.2 Å². The van der Waals surface area contributed by atoms with Gasteiger partial charge in [-0.1, -0.05) is 6.07 Å². The van der Waals surface area contributed by atoms with Gasteiger partial charge >= 0.3 is 0 Å². The lowest BCUT2D eigenvalue weighted by Crippen LogP contribution is -2.34. The molecule has 1 N–H and O–H groups in total. The molecule has 0 atom stereocenters. The number of hydrogen-bond acceptors (Lipinski definition) is 4. The second kappa shape index (κ2) is 8.32. The van der Waals surface area contributed by atoms with E-state index in [2.05, 4.69) is 16.7 Å². The van der Waals surface area contributed by atoms with E-state index >= 15 is 0 Å². The van der Waals surface area contributed by atoms with Crippen LogP contribution in [0.4, 0.5) is 5.69 Å². The summed E-state index contributed by atoms with van der Waals surface area (Å²) in [5.41, 5.74) is 2.97. The van der Waals surface area contributed by atoms with E-state index in [4.69, 9.17) is 0 Å². The Morgan fingerprint density at radius 1 is 0.929 bits per heavy atom. The number of rotatable bonds is 4. The average Bonchev–Trinajstić information content (AvgIpc) is 2.88. The Morgan fingerprint density at radius 3 is 2.32 bits per heavy atom. The standard InChI is InChI=1S/C21H27N3O3S/c1-16-5-10-20(15-17(16)2)28(26,27)22-19-8-6-18(7-9-19)21(25)24-12-4-11-23(3)13-14-24/h5-10,15,22H,4,11-14H2,1-3H3. The normalized spacial score (nSPS) is 15.9. The number of carbonyl (C=O) groups is 1. The maximum absolute atomic E-state index is 12.7. The van der Waals surface area contributed by atoms with Gasteiger partial charge in [0.15, 0.2) is 0 Å². The van der Waals surface area contributed by atoms with Crippen LogP contribution >= 0.6 is 0 Å². The monoisotopic (exact) mass is 401 g/mol. The highest BCUT2D eigenvalue weighted by atomic mass is 32.2. The average molecular weight is 402 g/mol. The predicted octanol–water partition coefficient (Wildman–Crippen LogP) is 2.88. The van der Waals surface area contributed by atoms with E-state index in [0.717, 1.165) is 37.2 Å². The molecule has 2 aromatic rings. The van der Waals surface area contributed by atoms with Crippen molar-refractivity contribution in [3.8, 4) is 0 Å². The molecule has 0 radical (unpaired) electrons. The third-order valence-corrected chi connectivity index (χ3v) is 6.56. The molecule has 0 unspecified atom stereocenters. The topological polar surface area (TPSA) is 69.7 Å². The van der Waals surface area contributed by atoms with Crippen LogP contribution in [0.15, 0.2) is 47.4 Å². The number of nitrogens with one attached hydrogen (secondary N) is 1. The molecule has 28 heavy (non-hydrogen) atoms. The summed E-state index contributed by atoms with van der Waals surface area (Å²) in [6, 6.07) is 11.7. The highest BCUT2D eigenvalue weighted by Gasteiger charge is 2.19. The van der Waals surface area contributed by atoms with Crippen molar-refractivity contribution in [3.63, 3.8) is 0 Å². The summed E-state index contributed by atoms with van der Waals surface area (Å²) >= 11 is 0. The molecular formula is C21H27N3O3S. The summed E-state index contributed by atoms with van der Waals surface area (Å²) in [7, 11) is -1.61. The number of hydrogen-bond donors (Lipinski definition) is 1. The fourth-order valence-electron chi connectivity index (χ4n) is 3.21. The first kappa shape index (κ1) is 20.4. The van der Waals surface area contributed by atoms with E-state index in [1.807, 2.05) is 18.7 Å². The van der Waals surface area contributed by atoms with Gasteiger partial charge < -0.3 is 9.80 Å². The van der Waals surface area contributed by atoms with E-state index in [0.29, 0.717) is 17.8 Å². The minimum absolute atomic E-state index is 0.0149. The molecule has 0 saturated carbocycles. The maximum atomic E-state index is 12.7. The van der Waals surface area contributed by atoms with Gasteiger partial charge in [-0.2, -0.15) is 0 Å². The molecule has 2 aromatic carbocycles. The molecule has 1 amide bonds. The Balaban J connectivity index is 1.71. The van der Waals surface area contributed by atoms with Gasteiger partial charge in [-0.3, -0.25) is 9.52 Å². The number of amides is 1. The Hall–Kier alpha value is -2.38. The Labute approximate surface area is 167 Å². The second-order valence-electron chi connectivity index (χ2n) is 7.38.